The second-order valence-electron chi connectivity index (χ2n) is 6.77. The molecule has 7 heteroatoms. The van der Waals surface area contributed by atoms with E-state index in [2.05, 4.69) is 46.4 Å². The van der Waals surface area contributed by atoms with Crippen LogP contribution in [0.1, 0.15) is 21.7 Å². The van der Waals surface area contributed by atoms with E-state index in [9.17, 15) is 4.79 Å². The Bertz CT molecular complexity index is 766. The fourth-order valence-electron chi connectivity index (χ4n) is 3.12. The van der Waals surface area contributed by atoms with Gasteiger partial charge in [-0.3, -0.25) is 9.79 Å². The fourth-order valence-corrected chi connectivity index (χ4v) is 3.94. The van der Waals surface area contributed by atoms with E-state index in [1.54, 1.807) is 12.1 Å². The van der Waals surface area contributed by atoms with E-state index in [4.69, 9.17) is 4.42 Å². The van der Waals surface area contributed by atoms with Crippen molar-refractivity contribution in [3.05, 3.63) is 59.5 Å². The van der Waals surface area contributed by atoms with Crippen molar-refractivity contribution in [1.82, 2.24) is 15.1 Å². The molecule has 6 nitrogen and oxygen atoms in total. The highest BCUT2D eigenvalue weighted by molar-refractivity contribution is 7.98. The minimum atomic E-state index is -0.0416. The van der Waals surface area contributed by atoms with Crippen LogP contribution >= 0.6 is 11.8 Å². The molecule has 1 saturated heterocycles. The minimum absolute atomic E-state index is 0.0416. The summed E-state index contributed by atoms with van der Waals surface area (Å²) in [6, 6.07) is 12.2. The van der Waals surface area contributed by atoms with Crippen LogP contribution in [0.15, 0.2) is 52.1 Å². The van der Waals surface area contributed by atoms with Gasteiger partial charge in [-0.05, 0) is 24.6 Å². The van der Waals surface area contributed by atoms with Gasteiger partial charge in [-0.25, -0.2) is 0 Å². The molecule has 1 amide bonds. The van der Waals surface area contributed by atoms with E-state index >= 15 is 0 Å². The molecule has 3 rings (SSSR count). The van der Waals surface area contributed by atoms with E-state index < -0.39 is 0 Å². The number of hydrogen-bond acceptors (Lipinski definition) is 4. The third-order valence-electron chi connectivity index (χ3n) is 4.73. The molecule has 150 valence electrons. The van der Waals surface area contributed by atoms with Crippen LogP contribution in [0.5, 0.6) is 0 Å². The molecule has 0 radical (unpaired) electrons. The summed E-state index contributed by atoms with van der Waals surface area (Å²) >= 11 is 1.91. The summed E-state index contributed by atoms with van der Waals surface area (Å²) in [5.74, 6) is 3.31. The Morgan fingerprint density at radius 1 is 1.14 bits per heavy atom. The molecule has 1 N–H and O–H groups in total. The number of benzene rings is 1. The lowest BCUT2D eigenvalue weighted by atomic mass is 10.2. The molecule has 1 aromatic heterocycles. The van der Waals surface area contributed by atoms with E-state index in [1.807, 2.05) is 23.7 Å². The maximum absolute atomic E-state index is 12.4. The monoisotopic (exact) mass is 400 g/mol. The molecule has 0 atom stereocenters. The Balaban J connectivity index is 1.36. The Morgan fingerprint density at radius 3 is 2.50 bits per heavy atom. The summed E-state index contributed by atoms with van der Waals surface area (Å²) in [6.07, 6.45) is 1.53. The number of hydrogen-bond donors (Lipinski definition) is 1. The number of aryl methyl sites for hydroxylation is 1. The van der Waals surface area contributed by atoms with Gasteiger partial charge in [-0.1, -0.05) is 29.8 Å². The van der Waals surface area contributed by atoms with Crippen LogP contribution in [0.4, 0.5) is 0 Å². The Morgan fingerprint density at radius 2 is 1.86 bits per heavy atom. The molecule has 0 saturated carbocycles. The van der Waals surface area contributed by atoms with Crippen molar-refractivity contribution in [2.75, 3.05) is 45.5 Å². The SMILES string of the molecule is CN=C(NCCSCc1ccc(C)cc1)N1CCN(C(=O)c2ccco2)CC1. The Labute approximate surface area is 171 Å². The largest absolute Gasteiger partial charge is 0.459 e. The summed E-state index contributed by atoms with van der Waals surface area (Å²) < 4.78 is 5.21. The fraction of sp³-hybridized carbons (Fsp3) is 0.429. The van der Waals surface area contributed by atoms with Gasteiger partial charge in [0.25, 0.3) is 5.91 Å². The molecule has 28 heavy (non-hydrogen) atoms. The number of nitrogens with zero attached hydrogens (tertiary/aromatic N) is 3. The van der Waals surface area contributed by atoms with Crippen molar-refractivity contribution >= 4 is 23.6 Å². The van der Waals surface area contributed by atoms with Crippen molar-refractivity contribution < 1.29 is 9.21 Å². The van der Waals surface area contributed by atoms with Crippen LogP contribution in [0.25, 0.3) is 0 Å². The zero-order chi connectivity index (χ0) is 19.8. The van der Waals surface area contributed by atoms with Gasteiger partial charge >= 0.3 is 0 Å². The van der Waals surface area contributed by atoms with Gasteiger partial charge in [0.1, 0.15) is 0 Å². The maximum atomic E-state index is 12.4. The summed E-state index contributed by atoms with van der Waals surface area (Å²) in [6.45, 7) is 5.85. The lowest BCUT2D eigenvalue weighted by Gasteiger charge is -2.36. The molecule has 2 heterocycles. The van der Waals surface area contributed by atoms with Gasteiger partial charge in [-0.2, -0.15) is 11.8 Å². The highest BCUT2D eigenvalue weighted by Crippen LogP contribution is 2.13. The lowest BCUT2D eigenvalue weighted by Crippen LogP contribution is -2.54. The molecule has 0 unspecified atom stereocenters. The topological polar surface area (TPSA) is 61.1 Å². The van der Waals surface area contributed by atoms with Gasteiger partial charge < -0.3 is 19.5 Å². The van der Waals surface area contributed by atoms with Gasteiger partial charge in [-0.15, -0.1) is 0 Å². The third kappa shape index (κ3) is 5.55. The van der Waals surface area contributed by atoms with E-state index in [-0.39, 0.29) is 5.91 Å². The summed E-state index contributed by atoms with van der Waals surface area (Å²) in [5, 5.41) is 3.44. The van der Waals surface area contributed by atoms with Crippen LogP contribution in [0.2, 0.25) is 0 Å². The first-order valence-electron chi connectivity index (χ1n) is 9.59. The number of amides is 1. The summed E-state index contributed by atoms with van der Waals surface area (Å²) in [7, 11) is 1.81. The third-order valence-corrected chi connectivity index (χ3v) is 5.76. The van der Waals surface area contributed by atoms with Gasteiger partial charge in [0.05, 0.1) is 6.26 Å². The average molecular weight is 401 g/mol. The van der Waals surface area contributed by atoms with Gasteiger partial charge in [0, 0.05) is 51.3 Å². The first kappa shape index (κ1) is 20.3. The number of thioether (sulfide) groups is 1. The zero-order valence-electron chi connectivity index (χ0n) is 16.6. The first-order valence-corrected chi connectivity index (χ1v) is 10.7. The van der Waals surface area contributed by atoms with Crippen molar-refractivity contribution in [2.24, 2.45) is 4.99 Å². The zero-order valence-corrected chi connectivity index (χ0v) is 17.4. The first-order chi connectivity index (χ1) is 13.7. The maximum Gasteiger partial charge on any atom is 0.289 e. The Kier molecular flexibility index (Phi) is 7.42. The normalized spacial score (nSPS) is 15.0. The highest BCUT2D eigenvalue weighted by atomic mass is 32.2. The van der Waals surface area contributed by atoms with Crippen LogP contribution in [0, 0.1) is 6.92 Å². The summed E-state index contributed by atoms with van der Waals surface area (Å²) in [4.78, 5) is 20.8. The molecular weight excluding hydrogens is 372 g/mol. The van der Waals surface area contributed by atoms with Crippen LogP contribution in [-0.2, 0) is 5.75 Å². The van der Waals surface area contributed by atoms with Crippen LogP contribution < -0.4 is 5.32 Å². The molecule has 1 aliphatic rings. The molecule has 0 spiro atoms. The molecule has 2 aromatic rings. The molecule has 0 aliphatic carbocycles. The number of nitrogens with one attached hydrogen (secondary N) is 1. The number of carbonyl (C=O) groups excluding carboxylic acids is 1. The molecule has 1 aliphatic heterocycles. The number of aliphatic imine (C=N–C) groups is 1. The van der Waals surface area contributed by atoms with Crippen molar-refractivity contribution in [3.63, 3.8) is 0 Å². The second kappa shape index (κ2) is 10.2. The second-order valence-corrected chi connectivity index (χ2v) is 7.87. The van der Waals surface area contributed by atoms with Crippen molar-refractivity contribution in [1.29, 1.82) is 0 Å². The average Bonchev–Trinajstić information content (AvgIpc) is 3.27. The predicted octanol–water partition coefficient (Wildman–Crippen LogP) is 2.85. The molecular formula is C21H28N4O2S. The number of carbonyl (C=O) groups is 1. The number of piperazine rings is 1. The quantitative estimate of drug-likeness (QED) is 0.459. The van der Waals surface area contributed by atoms with Crippen molar-refractivity contribution in [3.8, 4) is 0 Å². The minimum Gasteiger partial charge on any atom is -0.459 e. The molecule has 1 aromatic carbocycles. The Hall–Kier alpha value is -2.41. The van der Waals surface area contributed by atoms with Crippen molar-refractivity contribution in [2.45, 2.75) is 12.7 Å². The lowest BCUT2D eigenvalue weighted by molar-refractivity contribution is 0.0658. The van der Waals surface area contributed by atoms with Crippen LogP contribution in [0.3, 0.4) is 0 Å². The van der Waals surface area contributed by atoms with Crippen LogP contribution in [-0.4, -0.2) is 67.2 Å². The molecule has 0 bridgehead atoms. The standard InChI is InChI=1S/C21H28N4O2S/c1-17-5-7-18(8-6-17)16-28-15-9-23-21(22-2)25-12-10-24(11-13-25)20(26)19-4-3-14-27-19/h3-8,14H,9-13,15-16H2,1-2H3,(H,22,23). The highest BCUT2D eigenvalue weighted by Gasteiger charge is 2.24. The predicted molar refractivity (Wildman–Crippen MR) is 115 cm³/mol. The van der Waals surface area contributed by atoms with Gasteiger partial charge in [0.15, 0.2) is 11.7 Å². The number of furan rings is 1. The van der Waals surface area contributed by atoms with Gasteiger partial charge in [0.2, 0.25) is 0 Å². The molecule has 1 fully saturated rings. The van der Waals surface area contributed by atoms with E-state index in [1.165, 1.54) is 17.4 Å². The smallest absolute Gasteiger partial charge is 0.289 e. The number of guanidine groups is 1. The van der Waals surface area contributed by atoms with E-state index in [0.717, 1.165) is 37.1 Å². The number of rotatable bonds is 6. The summed E-state index contributed by atoms with van der Waals surface area (Å²) in [5.41, 5.74) is 2.66. The van der Waals surface area contributed by atoms with E-state index in [0.29, 0.717) is 18.8 Å².